The molecule has 2 aliphatic carbocycles. The molecular formula is C24H22ClF2N3O3. The molecular weight excluding hydrogens is 452 g/mol. The molecule has 4 N–H and O–H groups in total. The number of carboxylic acids is 1. The molecule has 0 atom stereocenters. The number of carbonyl (C=O) groups excluding carboxylic acids is 1. The quantitative estimate of drug-likeness (QED) is 0.399. The van der Waals surface area contributed by atoms with Crippen LogP contribution in [0.25, 0.3) is 5.57 Å². The van der Waals surface area contributed by atoms with Gasteiger partial charge < -0.3 is 21.1 Å². The zero-order chi connectivity index (χ0) is 23.8. The average molecular weight is 474 g/mol. The fourth-order valence-corrected chi connectivity index (χ4v) is 4.14. The largest absolute Gasteiger partial charge is 0.478 e. The van der Waals surface area contributed by atoms with Crippen molar-refractivity contribution in [3.63, 3.8) is 0 Å². The Morgan fingerprint density at radius 2 is 1.88 bits per heavy atom. The maximum atomic E-state index is 15.1. The molecule has 0 unspecified atom stereocenters. The van der Waals surface area contributed by atoms with Gasteiger partial charge in [-0.15, -0.1) is 0 Å². The van der Waals surface area contributed by atoms with E-state index < -0.39 is 34.5 Å². The van der Waals surface area contributed by atoms with Crippen molar-refractivity contribution in [1.29, 1.82) is 5.41 Å². The van der Waals surface area contributed by atoms with Crippen LogP contribution in [0, 0.1) is 17.0 Å². The van der Waals surface area contributed by atoms with E-state index in [-0.39, 0.29) is 33.5 Å². The molecule has 0 bridgehead atoms. The third-order valence-electron chi connectivity index (χ3n) is 6.23. The lowest BCUT2D eigenvalue weighted by molar-refractivity contribution is -0.118. The van der Waals surface area contributed by atoms with Gasteiger partial charge in [-0.05, 0) is 56.4 Å². The minimum absolute atomic E-state index is 0.0596. The van der Waals surface area contributed by atoms with E-state index in [9.17, 15) is 19.1 Å². The standard InChI is InChI=1S/C24H22ClF2N3O3/c25-14-4-5-18(19(26)8-14)24(6-7-24)23(33)30-16-9-17(22(31)32)21(20(27)10-16)13(11-28)12-29-15-2-1-3-15/h4-5,8-12,15,28-29H,1-3,6-7H2,(H,30,33)(H,31,32)/b13-12+,28-11?. The van der Waals surface area contributed by atoms with Crippen molar-refractivity contribution in [3.05, 3.63) is 69.9 Å². The first-order valence-corrected chi connectivity index (χ1v) is 10.9. The van der Waals surface area contributed by atoms with E-state index in [1.165, 1.54) is 18.3 Å². The van der Waals surface area contributed by atoms with Crippen molar-refractivity contribution in [1.82, 2.24) is 5.32 Å². The highest BCUT2D eigenvalue weighted by molar-refractivity contribution is 6.30. The molecule has 2 fully saturated rings. The Balaban J connectivity index is 1.63. The van der Waals surface area contributed by atoms with E-state index in [0.29, 0.717) is 12.8 Å². The van der Waals surface area contributed by atoms with Crippen molar-refractivity contribution < 1.29 is 23.5 Å². The predicted molar refractivity (Wildman–Crippen MR) is 122 cm³/mol. The normalized spacial score (nSPS) is 17.1. The molecule has 2 aromatic carbocycles. The number of benzene rings is 2. The number of aromatic carboxylic acids is 1. The van der Waals surface area contributed by atoms with Gasteiger partial charge in [0.25, 0.3) is 0 Å². The number of amides is 1. The summed E-state index contributed by atoms with van der Waals surface area (Å²) in [5.41, 5.74) is -1.53. The van der Waals surface area contributed by atoms with Crippen LogP contribution in [-0.2, 0) is 10.2 Å². The lowest BCUT2D eigenvalue weighted by Gasteiger charge is -2.26. The summed E-state index contributed by atoms with van der Waals surface area (Å²) < 4.78 is 29.5. The summed E-state index contributed by atoms with van der Waals surface area (Å²) in [6, 6.07) is 6.45. The van der Waals surface area contributed by atoms with Crippen molar-refractivity contribution in [2.45, 2.75) is 43.6 Å². The van der Waals surface area contributed by atoms with Crippen LogP contribution < -0.4 is 10.6 Å². The SMILES string of the molecule is N=C/C(=C\NC1CCC1)c1c(F)cc(NC(=O)C2(c3ccc(Cl)cc3F)CC2)cc1C(=O)O. The molecule has 0 aliphatic heterocycles. The molecule has 4 rings (SSSR count). The highest BCUT2D eigenvalue weighted by Crippen LogP contribution is 2.50. The van der Waals surface area contributed by atoms with Gasteiger partial charge in [-0.25, -0.2) is 13.6 Å². The number of nitrogens with one attached hydrogen (secondary N) is 3. The van der Waals surface area contributed by atoms with Crippen LogP contribution in [0.5, 0.6) is 0 Å². The Labute approximate surface area is 194 Å². The van der Waals surface area contributed by atoms with Gasteiger partial charge in [-0.3, -0.25) is 4.79 Å². The van der Waals surface area contributed by atoms with Gasteiger partial charge >= 0.3 is 5.97 Å². The number of halogens is 3. The molecule has 172 valence electrons. The number of carbonyl (C=O) groups is 2. The summed E-state index contributed by atoms with van der Waals surface area (Å²) in [7, 11) is 0. The van der Waals surface area contributed by atoms with Gasteiger partial charge in [-0.2, -0.15) is 0 Å². The highest BCUT2D eigenvalue weighted by Gasteiger charge is 2.52. The van der Waals surface area contributed by atoms with Crippen LogP contribution in [0.2, 0.25) is 5.02 Å². The van der Waals surface area contributed by atoms with Gasteiger partial charge in [-0.1, -0.05) is 17.7 Å². The molecule has 9 heteroatoms. The fourth-order valence-electron chi connectivity index (χ4n) is 3.98. The molecule has 0 aromatic heterocycles. The van der Waals surface area contributed by atoms with Crippen LogP contribution in [0.4, 0.5) is 14.5 Å². The number of carboxylic acid groups (broad SMARTS) is 1. The van der Waals surface area contributed by atoms with E-state index in [4.69, 9.17) is 17.0 Å². The topological polar surface area (TPSA) is 102 Å². The van der Waals surface area contributed by atoms with Crippen LogP contribution in [0.1, 0.15) is 53.6 Å². The van der Waals surface area contributed by atoms with Gasteiger partial charge in [0.15, 0.2) is 0 Å². The lowest BCUT2D eigenvalue weighted by atomic mass is 9.93. The minimum atomic E-state index is -1.40. The second-order valence-electron chi connectivity index (χ2n) is 8.38. The first kappa shape index (κ1) is 22.9. The molecule has 2 aliphatic rings. The Morgan fingerprint density at radius 3 is 2.42 bits per heavy atom. The van der Waals surface area contributed by atoms with Gasteiger partial charge in [0.05, 0.1) is 11.0 Å². The number of rotatable bonds is 8. The maximum absolute atomic E-state index is 15.1. The minimum Gasteiger partial charge on any atom is -0.478 e. The summed E-state index contributed by atoms with van der Waals surface area (Å²) in [5, 5.41) is 23.1. The van der Waals surface area contributed by atoms with Gasteiger partial charge in [0.1, 0.15) is 11.6 Å². The first-order chi connectivity index (χ1) is 15.7. The fraction of sp³-hybridized carbons (Fsp3) is 0.292. The third-order valence-corrected chi connectivity index (χ3v) is 6.47. The van der Waals surface area contributed by atoms with Crippen LogP contribution in [-0.4, -0.2) is 29.2 Å². The van der Waals surface area contributed by atoms with Crippen molar-refractivity contribution >= 4 is 41.0 Å². The highest BCUT2D eigenvalue weighted by atomic mass is 35.5. The number of allylic oxidation sites excluding steroid dienone is 1. The molecule has 0 spiro atoms. The predicted octanol–water partition coefficient (Wildman–Crippen LogP) is 5.12. The molecule has 2 aromatic rings. The zero-order valence-corrected chi connectivity index (χ0v) is 18.3. The third kappa shape index (κ3) is 4.48. The zero-order valence-electron chi connectivity index (χ0n) is 17.6. The molecule has 6 nitrogen and oxygen atoms in total. The van der Waals surface area contributed by atoms with E-state index in [2.05, 4.69) is 10.6 Å². The number of anilines is 1. The van der Waals surface area contributed by atoms with E-state index in [1.54, 1.807) is 0 Å². The van der Waals surface area contributed by atoms with Crippen LogP contribution >= 0.6 is 11.6 Å². The molecule has 0 radical (unpaired) electrons. The Hall–Kier alpha value is -3.26. The van der Waals surface area contributed by atoms with Crippen molar-refractivity contribution in [2.24, 2.45) is 0 Å². The Morgan fingerprint density at radius 1 is 1.15 bits per heavy atom. The summed E-state index contributed by atoms with van der Waals surface area (Å²) in [6.45, 7) is 0. The maximum Gasteiger partial charge on any atom is 0.336 e. The summed E-state index contributed by atoms with van der Waals surface area (Å²) >= 11 is 5.80. The smallest absolute Gasteiger partial charge is 0.336 e. The first-order valence-electron chi connectivity index (χ1n) is 10.6. The lowest BCUT2D eigenvalue weighted by Crippen LogP contribution is -2.31. The number of hydrogen-bond acceptors (Lipinski definition) is 4. The Bertz CT molecular complexity index is 1170. The van der Waals surface area contributed by atoms with Crippen molar-refractivity contribution in [3.8, 4) is 0 Å². The van der Waals surface area contributed by atoms with E-state index >= 15 is 4.39 Å². The Kier molecular flexibility index (Phi) is 6.21. The van der Waals surface area contributed by atoms with Crippen molar-refractivity contribution in [2.75, 3.05) is 5.32 Å². The monoisotopic (exact) mass is 473 g/mol. The molecule has 2 saturated carbocycles. The second-order valence-corrected chi connectivity index (χ2v) is 8.82. The summed E-state index contributed by atoms with van der Waals surface area (Å²) in [4.78, 5) is 24.9. The summed E-state index contributed by atoms with van der Waals surface area (Å²) in [6.07, 6.45) is 6.12. The molecule has 1 amide bonds. The molecule has 33 heavy (non-hydrogen) atoms. The second kappa shape index (κ2) is 8.94. The van der Waals surface area contributed by atoms with Crippen LogP contribution in [0.15, 0.2) is 36.5 Å². The van der Waals surface area contributed by atoms with Gasteiger partial charge in [0, 0.05) is 45.9 Å². The van der Waals surface area contributed by atoms with Crippen LogP contribution in [0.3, 0.4) is 0 Å². The number of hydrogen-bond donors (Lipinski definition) is 4. The molecule has 0 heterocycles. The molecule has 0 saturated heterocycles. The van der Waals surface area contributed by atoms with E-state index in [1.807, 2.05) is 0 Å². The summed E-state index contributed by atoms with van der Waals surface area (Å²) in [5.74, 6) is -3.46. The van der Waals surface area contributed by atoms with Gasteiger partial charge in [0.2, 0.25) is 5.91 Å². The van der Waals surface area contributed by atoms with E-state index in [0.717, 1.165) is 43.7 Å². The average Bonchev–Trinajstić information content (AvgIpc) is 3.52.